The van der Waals surface area contributed by atoms with E-state index in [0.717, 1.165) is 25.0 Å². The van der Waals surface area contributed by atoms with Gasteiger partial charge in [0.25, 0.3) is 0 Å². The lowest BCUT2D eigenvalue weighted by atomic mass is 9.89. The van der Waals surface area contributed by atoms with Crippen molar-refractivity contribution in [2.24, 2.45) is 5.92 Å². The zero-order valence-corrected chi connectivity index (χ0v) is 11.0. The quantitative estimate of drug-likeness (QED) is 0.550. The molecule has 0 aliphatic carbocycles. The van der Waals surface area contributed by atoms with Crippen molar-refractivity contribution in [3.63, 3.8) is 0 Å². The summed E-state index contributed by atoms with van der Waals surface area (Å²) >= 11 is 0. The topological polar surface area (TPSA) is 63.6 Å². The van der Waals surface area contributed by atoms with Crippen LogP contribution in [0.1, 0.15) is 47.0 Å². The molecule has 0 aromatic heterocycles. The summed E-state index contributed by atoms with van der Waals surface area (Å²) in [5, 5.41) is 8.41. The molecule has 1 N–H and O–H groups in total. The van der Waals surface area contributed by atoms with Crippen LogP contribution in [0.25, 0.3) is 0 Å². The van der Waals surface area contributed by atoms with Gasteiger partial charge in [-0.3, -0.25) is 0 Å². The van der Waals surface area contributed by atoms with E-state index in [4.69, 9.17) is 9.84 Å². The van der Waals surface area contributed by atoms with Gasteiger partial charge in [-0.1, -0.05) is 27.2 Å². The van der Waals surface area contributed by atoms with E-state index in [1.807, 2.05) is 13.8 Å². The number of hydrogen-bond donors (Lipinski definition) is 1. The minimum absolute atomic E-state index is 0.469. The molecule has 0 rings (SSSR count). The maximum absolute atomic E-state index is 11.4. The Labute approximate surface area is 103 Å². The predicted molar refractivity (Wildman–Crippen MR) is 65.6 cm³/mol. The van der Waals surface area contributed by atoms with Gasteiger partial charge in [0.1, 0.15) is 5.60 Å². The molecule has 4 heteroatoms. The summed E-state index contributed by atoms with van der Waals surface area (Å²) in [7, 11) is 0. The molecule has 0 saturated heterocycles. The standard InChI is InChI=1S/C13H22O4/c1-5-10(3)9-13(4,6-2)17-12(16)8-7-11(14)15/h7-8,10H,5-6,9H2,1-4H3,(H,14,15). The Morgan fingerprint density at radius 2 is 1.94 bits per heavy atom. The fourth-order valence-corrected chi connectivity index (χ4v) is 1.56. The lowest BCUT2D eigenvalue weighted by molar-refractivity contribution is -0.154. The summed E-state index contributed by atoms with van der Waals surface area (Å²) in [5.74, 6) is -1.28. The first-order valence-corrected chi connectivity index (χ1v) is 5.97. The SMILES string of the molecule is CCC(C)CC(C)(CC)OC(=O)C=CC(=O)O. The molecule has 0 amide bonds. The van der Waals surface area contributed by atoms with Gasteiger partial charge >= 0.3 is 11.9 Å². The second-order valence-corrected chi connectivity index (χ2v) is 4.61. The lowest BCUT2D eigenvalue weighted by Crippen LogP contribution is -2.32. The van der Waals surface area contributed by atoms with Gasteiger partial charge in [-0.25, -0.2) is 9.59 Å². The number of carboxylic acid groups (broad SMARTS) is 1. The van der Waals surface area contributed by atoms with Gasteiger partial charge in [-0.15, -0.1) is 0 Å². The van der Waals surface area contributed by atoms with Crippen LogP contribution < -0.4 is 0 Å². The average Bonchev–Trinajstić information content (AvgIpc) is 2.26. The molecule has 0 aromatic rings. The van der Waals surface area contributed by atoms with Crippen molar-refractivity contribution in [3.05, 3.63) is 12.2 Å². The van der Waals surface area contributed by atoms with Crippen molar-refractivity contribution in [3.8, 4) is 0 Å². The monoisotopic (exact) mass is 242 g/mol. The molecular formula is C13H22O4. The zero-order chi connectivity index (χ0) is 13.5. The van der Waals surface area contributed by atoms with E-state index in [-0.39, 0.29) is 0 Å². The summed E-state index contributed by atoms with van der Waals surface area (Å²) in [6, 6.07) is 0. The molecule has 17 heavy (non-hydrogen) atoms. The second kappa shape index (κ2) is 7.09. The van der Waals surface area contributed by atoms with Crippen LogP contribution in [0, 0.1) is 5.92 Å². The van der Waals surface area contributed by atoms with Gasteiger partial charge < -0.3 is 9.84 Å². The number of ether oxygens (including phenoxy) is 1. The van der Waals surface area contributed by atoms with Crippen molar-refractivity contribution in [1.82, 2.24) is 0 Å². The highest BCUT2D eigenvalue weighted by molar-refractivity contribution is 5.90. The molecule has 0 bridgehead atoms. The Kier molecular flexibility index (Phi) is 6.54. The Bertz CT molecular complexity index is 296. The fourth-order valence-electron chi connectivity index (χ4n) is 1.56. The summed E-state index contributed by atoms with van der Waals surface area (Å²) in [6.45, 7) is 8.03. The number of rotatable bonds is 7. The first-order valence-electron chi connectivity index (χ1n) is 5.97. The van der Waals surface area contributed by atoms with Crippen molar-refractivity contribution in [1.29, 1.82) is 0 Å². The molecule has 0 aliphatic heterocycles. The van der Waals surface area contributed by atoms with E-state index in [9.17, 15) is 9.59 Å². The molecule has 2 atom stereocenters. The minimum Gasteiger partial charge on any atom is -0.478 e. The van der Waals surface area contributed by atoms with Crippen LogP contribution >= 0.6 is 0 Å². The number of hydrogen-bond acceptors (Lipinski definition) is 3. The molecule has 98 valence electrons. The van der Waals surface area contributed by atoms with Gasteiger partial charge in [0.2, 0.25) is 0 Å². The summed E-state index contributed by atoms with van der Waals surface area (Å²) in [4.78, 5) is 21.7. The van der Waals surface area contributed by atoms with Gasteiger partial charge in [0, 0.05) is 12.2 Å². The molecule has 2 unspecified atom stereocenters. The smallest absolute Gasteiger partial charge is 0.331 e. The maximum atomic E-state index is 11.4. The highest BCUT2D eigenvalue weighted by atomic mass is 16.6. The summed E-state index contributed by atoms with van der Waals surface area (Å²) in [5.41, 5.74) is -0.518. The Hall–Kier alpha value is -1.32. The van der Waals surface area contributed by atoms with E-state index in [1.54, 1.807) is 0 Å². The minimum atomic E-state index is -1.15. The molecule has 0 radical (unpaired) electrons. The molecule has 0 aromatic carbocycles. The third-order valence-corrected chi connectivity index (χ3v) is 2.93. The van der Waals surface area contributed by atoms with Crippen molar-refractivity contribution in [2.45, 2.75) is 52.6 Å². The Balaban J connectivity index is 4.46. The van der Waals surface area contributed by atoms with Gasteiger partial charge in [-0.05, 0) is 25.7 Å². The lowest BCUT2D eigenvalue weighted by Gasteiger charge is -2.30. The number of aliphatic carboxylic acids is 1. The molecule has 0 spiro atoms. The van der Waals surface area contributed by atoms with E-state index in [2.05, 4.69) is 13.8 Å². The summed E-state index contributed by atoms with van der Waals surface area (Å²) < 4.78 is 5.32. The normalized spacial score (nSPS) is 16.5. The van der Waals surface area contributed by atoms with Crippen LogP contribution in [-0.2, 0) is 14.3 Å². The van der Waals surface area contributed by atoms with Crippen LogP contribution in [0.2, 0.25) is 0 Å². The van der Waals surface area contributed by atoms with Crippen LogP contribution in [0.5, 0.6) is 0 Å². The van der Waals surface area contributed by atoms with E-state index in [1.165, 1.54) is 0 Å². The largest absolute Gasteiger partial charge is 0.478 e. The first-order chi connectivity index (χ1) is 7.83. The van der Waals surface area contributed by atoms with Gasteiger partial charge in [-0.2, -0.15) is 0 Å². The highest BCUT2D eigenvalue weighted by Gasteiger charge is 2.27. The van der Waals surface area contributed by atoms with E-state index in [0.29, 0.717) is 12.3 Å². The maximum Gasteiger partial charge on any atom is 0.331 e. The third-order valence-electron chi connectivity index (χ3n) is 2.93. The Morgan fingerprint density at radius 1 is 1.35 bits per heavy atom. The van der Waals surface area contributed by atoms with E-state index < -0.39 is 17.5 Å². The van der Waals surface area contributed by atoms with Crippen LogP contribution in [-0.4, -0.2) is 22.6 Å². The molecule has 0 aliphatic rings. The van der Waals surface area contributed by atoms with Crippen LogP contribution in [0.3, 0.4) is 0 Å². The van der Waals surface area contributed by atoms with Gasteiger partial charge in [0.15, 0.2) is 0 Å². The van der Waals surface area contributed by atoms with E-state index >= 15 is 0 Å². The number of carbonyl (C=O) groups excluding carboxylic acids is 1. The number of carboxylic acids is 1. The average molecular weight is 242 g/mol. The molecule has 0 heterocycles. The molecule has 4 nitrogen and oxygen atoms in total. The van der Waals surface area contributed by atoms with Crippen LogP contribution in [0.15, 0.2) is 12.2 Å². The molecule has 0 fully saturated rings. The third kappa shape index (κ3) is 6.76. The predicted octanol–water partition coefficient (Wildman–Crippen LogP) is 2.78. The van der Waals surface area contributed by atoms with Crippen molar-refractivity contribution in [2.75, 3.05) is 0 Å². The second-order valence-electron chi connectivity index (χ2n) is 4.61. The zero-order valence-electron chi connectivity index (χ0n) is 11.0. The first kappa shape index (κ1) is 15.7. The van der Waals surface area contributed by atoms with Gasteiger partial charge in [0.05, 0.1) is 0 Å². The Morgan fingerprint density at radius 3 is 2.35 bits per heavy atom. The summed E-state index contributed by atoms with van der Waals surface area (Å²) in [6.07, 6.45) is 4.27. The van der Waals surface area contributed by atoms with Crippen molar-refractivity contribution < 1.29 is 19.4 Å². The highest BCUT2D eigenvalue weighted by Crippen LogP contribution is 2.26. The molecular weight excluding hydrogens is 220 g/mol. The molecule has 0 saturated carbocycles. The fraction of sp³-hybridized carbons (Fsp3) is 0.692. The van der Waals surface area contributed by atoms with Crippen LogP contribution in [0.4, 0.5) is 0 Å². The number of carbonyl (C=O) groups is 2. The van der Waals surface area contributed by atoms with Crippen molar-refractivity contribution >= 4 is 11.9 Å². The number of esters is 1.